The summed E-state index contributed by atoms with van der Waals surface area (Å²) in [4.78, 5) is 0. The van der Waals surface area contributed by atoms with Gasteiger partial charge in [-0.1, -0.05) is 13.0 Å². The SMILES string of the molecule is CCc1nnc2ccc(CC(C)N)cn12. The summed E-state index contributed by atoms with van der Waals surface area (Å²) in [5.41, 5.74) is 7.91. The highest BCUT2D eigenvalue weighted by atomic mass is 15.2. The number of rotatable bonds is 3. The Bertz CT molecular complexity index is 459. The number of fused-ring (bicyclic) bond motifs is 1. The Morgan fingerprint density at radius 2 is 2.20 bits per heavy atom. The van der Waals surface area contributed by atoms with Crippen molar-refractivity contribution in [3.63, 3.8) is 0 Å². The van der Waals surface area contributed by atoms with E-state index in [9.17, 15) is 0 Å². The van der Waals surface area contributed by atoms with Crippen LogP contribution >= 0.6 is 0 Å². The zero-order chi connectivity index (χ0) is 10.8. The first-order valence-electron chi connectivity index (χ1n) is 5.29. The van der Waals surface area contributed by atoms with E-state index in [-0.39, 0.29) is 6.04 Å². The van der Waals surface area contributed by atoms with Crippen LogP contribution in [0.1, 0.15) is 25.2 Å². The molecule has 0 radical (unpaired) electrons. The molecule has 0 aliphatic rings. The summed E-state index contributed by atoms with van der Waals surface area (Å²) in [6.07, 6.45) is 3.86. The van der Waals surface area contributed by atoms with Crippen molar-refractivity contribution in [1.82, 2.24) is 14.6 Å². The van der Waals surface area contributed by atoms with Crippen LogP contribution < -0.4 is 5.73 Å². The number of hydrogen-bond acceptors (Lipinski definition) is 3. The van der Waals surface area contributed by atoms with Gasteiger partial charge in [-0.3, -0.25) is 4.40 Å². The topological polar surface area (TPSA) is 56.2 Å². The maximum absolute atomic E-state index is 5.77. The van der Waals surface area contributed by atoms with E-state index in [0.29, 0.717) is 0 Å². The number of hydrogen-bond donors (Lipinski definition) is 1. The highest BCUT2D eigenvalue weighted by Crippen LogP contribution is 2.08. The summed E-state index contributed by atoms with van der Waals surface area (Å²) in [7, 11) is 0. The van der Waals surface area contributed by atoms with Crippen molar-refractivity contribution in [1.29, 1.82) is 0 Å². The molecule has 2 rings (SSSR count). The molecule has 80 valence electrons. The number of nitrogens with two attached hydrogens (primary N) is 1. The van der Waals surface area contributed by atoms with Gasteiger partial charge in [-0.2, -0.15) is 0 Å². The number of nitrogens with zero attached hydrogens (tertiary/aromatic N) is 3. The molecule has 0 saturated heterocycles. The second-order valence-electron chi connectivity index (χ2n) is 3.92. The van der Waals surface area contributed by atoms with Crippen LogP contribution in [0.25, 0.3) is 5.65 Å². The monoisotopic (exact) mass is 204 g/mol. The lowest BCUT2D eigenvalue weighted by molar-refractivity contribution is 0.733. The Morgan fingerprint density at radius 1 is 1.40 bits per heavy atom. The molecule has 2 aromatic heterocycles. The minimum absolute atomic E-state index is 0.184. The third kappa shape index (κ3) is 1.99. The van der Waals surface area contributed by atoms with Gasteiger partial charge in [0, 0.05) is 18.7 Å². The molecule has 1 unspecified atom stereocenters. The molecule has 4 nitrogen and oxygen atoms in total. The van der Waals surface area contributed by atoms with Crippen molar-refractivity contribution in [2.75, 3.05) is 0 Å². The molecule has 0 aliphatic carbocycles. The van der Waals surface area contributed by atoms with Crippen LogP contribution in [0.5, 0.6) is 0 Å². The highest BCUT2D eigenvalue weighted by molar-refractivity contribution is 5.39. The average Bonchev–Trinajstić information content (AvgIpc) is 2.59. The van der Waals surface area contributed by atoms with Crippen molar-refractivity contribution in [2.45, 2.75) is 32.7 Å². The minimum atomic E-state index is 0.184. The van der Waals surface area contributed by atoms with Gasteiger partial charge in [0.25, 0.3) is 0 Å². The second-order valence-corrected chi connectivity index (χ2v) is 3.92. The van der Waals surface area contributed by atoms with Gasteiger partial charge in [-0.05, 0) is 25.0 Å². The summed E-state index contributed by atoms with van der Waals surface area (Å²) < 4.78 is 2.04. The molecule has 2 heterocycles. The Kier molecular flexibility index (Phi) is 2.68. The molecule has 0 amide bonds. The first-order chi connectivity index (χ1) is 7.20. The highest BCUT2D eigenvalue weighted by Gasteiger charge is 2.04. The fourth-order valence-electron chi connectivity index (χ4n) is 1.72. The quantitative estimate of drug-likeness (QED) is 0.816. The van der Waals surface area contributed by atoms with Crippen LogP contribution in [0.2, 0.25) is 0 Å². The van der Waals surface area contributed by atoms with Crippen molar-refractivity contribution >= 4 is 5.65 Å². The maximum Gasteiger partial charge on any atom is 0.160 e. The molecule has 4 heteroatoms. The molecule has 15 heavy (non-hydrogen) atoms. The molecular formula is C11H16N4. The normalized spacial score (nSPS) is 13.3. The summed E-state index contributed by atoms with van der Waals surface area (Å²) >= 11 is 0. The molecule has 0 aromatic carbocycles. The lowest BCUT2D eigenvalue weighted by Crippen LogP contribution is -2.18. The van der Waals surface area contributed by atoms with Gasteiger partial charge in [0.1, 0.15) is 5.82 Å². The molecule has 0 saturated carbocycles. The summed E-state index contributed by atoms with van der Waals surface area (Å²) in [6.45, 7) is 4.09. The number of aromatic nitrogens is 3. The van der Waals surface area contributed by atoms with Crippen LogP contribution in [0.15, 0.2) is 18.3 Å². The van der Waals surface area contributed by atoms with Gasteiger partial charge in [-0.15, -0.1) is 10.2 Å². The van der Waals surface area contributed by atoms with E-state index < -0.39 is 0 Å². The van der Waals surface area contributed by atoms with Crippen molar-refractivity contribution in [3.8, 4) is 0 Å². The molecule has 0 spiro atoms. The van der Waals surface area contributed by atoms with Gasteiger partial charge in [0.2, 0.25) is 0 Å². The lowest BCUT2D eigenvalue weighted by atomic mass is 10.1. The lowest BCUT2D eigenvalue weighted by Gasteiger charge is -2.05. The van der Waals surface area contributed by atoms with Gasteiger partial charge < -0.3 is 5.73 Å². The van der Waals surface area contributed by atoms with Gasteiger partial charge in [0.15, 0.2) is 5.65 Å². The van der Waals surface area contributed by atoms with E-state index in [1.54, 1.807) is 0 Å². The van der Waals surface area contributed by atoms with E-state index >= 15 is 0 Å². The molecule has 2 aromatic rings. The van der Waals surface area contributed by atoms with Crippen molar-refractivity contribution < 1.29 is 0 Å². The standard InChI is InChI=1S/C11H16N4/c1-3-10-13-14-11-5-4-9(6-8(2)12)7-15(10)11/h4-5,7-8H,3,6,12H2,1-2H3. The predicted octanol–water partition coefficient (Wildman–Crippen LogP) is 1.18. The zero-order valence-electron chi connectivity index (χ0n) is 9.14. The Labute approximate surface area is 89.1 Å². The summed E-state index contributed by atoms with van der Waals surface area (Å²) in [5.74, 6) is 0.997. The van der Waals surface area contributed by atoms with Crippen molar-refractivity contribution in [2.24, 2.45) is 5.73 Å². The Balaban J connectivity index is 2.43. The minimum Gasteiger partial charge on any atom is -0.328 e. The molecular weight excluding hydrogens is 188 g/mol. The first kappa shape index (κ1) is 10.1. The molecule has 2 N–H and O–H groups in total. The van der Waals surface area contributed by atoms with E-state index in [4.69, 9.17) is 5.73 Å². The largest absolute Gasteiger partial charge is 0.328 e. The van der Waals surface area contributed by atoms with Crippen LogP contribution in [0.4, 0.5) is 0 Å². The van der Waals surface area contributed by atoms with Crippen LogP contribution in [0.3, 0.4) is 0 Å². The Morgan fingerprint density at radius 3 is 2.87 bits per heavy atom. The molecule has 1 atom stereocenters. The van der Waals surface area contributed by atoms with E-state index in [1.165, 1.54) is 5.56 Å². The zero-order valence-corrected chi connectivity index (χ0v) is 9.14. The molecule has 0 bridgehead atoms. The second kappa shape index (κ2) is 3.98. The average molecular weight is 204 g/mol. The molecule has 0 aliphatic heterocycles. The fraction of sp³-hybridized carbons (Fsp3) is 0.455. The number of aryl methyl sites for hydroxylation is 1. The van der Waals surface area contributed by atoms with Gasteiger partial charge in [0.05, 0.1) is 0 Å². The van der Waals surface area contributed by atoms with Gasteiger partial charge >= 0.3 is 0 Å². The third-order valence-electron chi connectivity index (χ3n) is 2.41. The third-order valence-corrected chi connectivity index (χ3v) is 2.41. The number of pyridine rings is 1. The predicted molar refractivity (Wildman–Crippen MR) is 59.7 cm³/mol. The van der Waals surface area contributed by atoms with E-state index in [1.807, 2.05) is 17.4 Å². The Hall–Kier alpha value is -1.42. The maximum atomic E-state index is 5.77. The fourth-order valence-corrected chi connectivity index (χ4v) is 1.72. The van der Waals surface area contributed by atoms with E-state index in [0.717, 1.165) is 24.3 Å². The summed E-state index contributed by atoms with van der Waals surface area (Å²) in [6, 6.07) is 4.24. The molecule has 0 fully saturated rings. The van der Waals surface area contributed by atoms with Gasteiger partial charge in [-0.25, -0.2) is 0 Å². The van der Waals surface area contributed by atoms with Crippen LogP contribution in [0, 0.1) is 0 Å². The summed E-state index contributed by atoms with van der Waals surface area (Å²) in [5, 5.41) is 8.21. The van der Waals surface area contributed by atoms with Crippen molar-refractivity contribution in [3.05, 3.63) is 29.7 Å². The van der Waals surface area contributed by atoms with Crippen LogP contribution in [-0.2, 0) is 12.8 Å². The van der Waals surface area contributed by atoms with Crippen LogP contribution in [-0.4, -0.2) is 20.6 Å². The van der Waals surface area contributed by atoms with E-state index in [2.05, 4.69) is 29.4 Å². The first-order valence-corrected chi connectivity index (χ1v) is 5.29. The smallest absolute Gasteiger partial charge is 0.160 e.